The van der Waals surface area contributed by atoms with Gasteiger partial charge in [-0.2, -0.15) is 0 Å². The molecule has 0 aliphatic rings. The predicted molar refractivity (Wildman–Crippen MR) is 60.6 cm³/mol. The topological polar surface area (TPSA) is 25.2 Å². The zero-order chi connectivity index (χ0) is 8.97. The van der Waals surface area contributed by atoms with E-state index in [1.807, 2.05) is 6.08 Å². The van der Waals surface area contributed by atoms with Crippen molar-refractivity contribution in [3.05, 3.63) is 26.4 Å². The van der Waals surface area contributed by atoms with Crippen LogP contribution >= 0.6 is 22.6 Å². The van der Waals surface area contributed by atoms with E-state index in [0.717, 1.165) is 14.0 Å². The molecule has 0 radical (unpaired) electrons. The molecule has 1 heterocycles. The van der Waals surface area contributed by atoms with Crippen molar-refractivity contribution in [1.82, 2.24) is 4.98 Å². The van der Waals surface area contributed by atoms with Gasteiger partial charge in [-0.25, -0.2) is 0 Å². The van der Waals surface area contributed by atoms with Crippen molar-refractivity contribution in [2.75, 3.05) is 7.05 Å². The minimum absolute atomic E-state index is 1.01. The lowest BCUT2D eigenvalue weighted by Crippen LogP contribution is -2.26. The SMILES string of the molecule is C=c1c(I)cnc/c1=C/C=N\C. The normalized spacial score (nSPS) is 12.7. The van der Waals surface area contributed by atoms with Gasteiger partial charge in [0, 0.05) is 34.4 Å². The minimum atomic E-state index is 1.01. The second-order valence-electron chi connectivity index (χ2n) is 2.26. The third-order valence-electron chi connectivity index (χ3n) is 1.44. The van der Waals surface area contributed by atoms with E-state index in [4.69, 9.17) is 0 Å². The van der Waals surface area contributed by atoms with Crippen LogP contribution in [0, 0.1) is 3.57 Å². The Balaban J connectivity index is 3.36. The molecule has 12 heavy (non-hydrogen) atoms. The van der Waals surface area contributed by atoms with Gasteiger partial charge in [0.15, 0.2) is 0 Å². The standard InChI is InChI=1S/C9H9IN2/c1-7-8(3-4-11-2)5-12-6-9(7)10/h3-6H,1H2,2H3/b8-3-,11-4-. The van der Waals surface area contributed by atoms with E-state index in [1.54, 1.807) is 25.7 Å². The van der Waals surface area contributed by atoms with Crippen molar-refractivity contribution in [2.45, 2.75) is 0 Å². The summed E-state index contributed by atoms with van der Waals surface area (Å²) >= 11 is 2.21. The van der Waals surface area contributed by atoms with Gasteiger partial charge < -0.3 is 0 Å². The zero-order valence-corrected chi connectivity index (χ0v) is 8.95. The highest BCUT2D eigenvalue weighted by atomic mass is 127. The van der Waals surface area contributed by atoms with Crippen LogP contribution in [0.25, 0.3) is 12.7 Å². The van der Waals surface area contributed by atoms with Crippen molar-refractivity contribution in [1.29, 1.82) is 0 Å². The molecule has 0 atom stereocenters. The molecule has 0 fully saturated rings. The third kappa shape index (κ3) is 2.14. The smallest absolute Gasteiger partial charge is 0.0407 e. The first-order chi connectivity index (χ1) is 5.75. The number of hydrogen-bond donors (Lipinski definition) is 0. The van der Waals surface area contributed by atoms with Gasteiger partial charge in [-0.05, 0) is 33.9 Å². The quantitative estimate of drug-likeness (QED) is 0.542. The van der Waals surface area contributed by atoms with Gasteiger partial charge in [0.25, 0.3) is 0 Å². The Morgan fingerprint density at radius 3 is 3.00 bits per heavy atom. The maximum absolute atomic E-state index is 4.06. The molecule has 1 rings (SSSR count). The van der Waals surface area contributed by atoms with Crippen molar-refractivity contribution < 1.29 is 0 Å². The summed E-state index contributed by atoms with van der Waals surface area (Å²) in [4.78, 5) is 7.92. The molecule has 0 bridgehead atoms. The number of halogens is 1. The van der Waals surface area contributed by atoms with Crippen molar-refractivity contribution in [3.8, 4) is 0 Å². The summed E-state index contributed by atoms with van der Waals surface area (Å²) in [7, 11) is 1.74. The number of nitrogens with zero attached hydrogens (tertiary/aromatic N) is 2. The molecule has 0 amide bonds. The lowest BCUT2D eigenvalue weighted by atomic mass is 10.3. The van der Waals surface area contributed by atoms with Crippen LogP contribution in [0.4, 0.5) is 0 Å². The maximum Gasteiger partial charge on any atom is 0.0407 e. The van der Waals surface area contributed by atoms with Crippen molar-refractivity contribution in [3.63, 3.8) is 0 Å². The second-order valence-corrected chi connectivity index (χ2v) is 3.43. The van der Waals surface area contributed by atoms with Crippen LogP contribution in [-0.2, 0) is 0 Å². The van der Waals surface area contributed by atoms with Gasteiger partial charge in [0.1, 0.15) is 0 Å². The molecule has 0 saturated heterocycles. The van der Waals surface area contributed by atoms with E-state index in [1.165, 1.54) is 0 Å². The van der Waals surface area contributed by atoms with E-state index in [-0.39, 0.29) is 0 Å². The van der Waals surface area contributed by atoms with E-state index in [0.29, 0.717) is 0 Å². The summed E-state index contributed by atoms with van der Waals surface area (Å²) in [6, 6.07) is 0. The molecular weight excluding hydrogens is 263 g/mol. The monoisotopic (exact) mass is 272 g/mol. The largest absolute Gasteiger partial charge is 0.296 e. The molecule has 0 saturated carbocycles. The number of hydrogen-bond acceptors (Lipinski definition) is 2. The highest BCUT2D eigenvalue weighted by molar-refractivity contribution is 14.1. The van der Waals surface area contributed by atoms with Crippen molar-refractivity contribution in [2.24, 2.45) is 4.99 Å². The molecule has 1 aromatic rings. The van der Waals surface area contributed by atoms with Gasteiger partial charge in [-0.3, -0.25) is 9.98 Å². The lowest BCUT2D eigenvalue weighted by molar-refractivity contribution is 1.25. The number of aromatic nitrogens is 1. The molecule has 0 N–H and O–H groups in total. The van der Waals surface area contributed by atoms with E-state index in [2.05, 4.69) is 39.1 Å². The number of rotatable bonds is 1. The fourth-order valence-electron chi connectivity index (χ4n) is 0.775. The average molecular weight is 272 g/mol. The Morgan fingerprint density at radius 2 is 2.33 bits per heavy atom. The molecule has 2 nitrogen and oxygen atoms in total. The minimum Gasteiger partial charge on any atom is -0.296 e. The summed E-state index contributed by atoms with van der Waals surface area (Å²) in [6.45, 7) is 3.93. The molecular formula is C9H9IN2. The van der Waals surface area contributed by atoms with Crippen LogP contribution in [0.2, 0.25) is 0 Å². The van der Waals surface area contributed by atoms with E-state index in [9.17, 15) is 0 Å². The highest BCUT2D eigenvalue weighted by Crippen LogP contribution is 1.88. The molecule has 0 aromatic carbocycles. The Morgan fingerprint density at radius 1 is 1.58 bits per heavy atom. The second kappa shape index (κ2) is 4.35. The van der Waals surface area contributed by atoms with E-state index >= 15 is 0 Å². The predicted octanol–water partition coefficient (Wildman–Crippen LogP) is 0.578. The average Bonchev–Trinajstić information content (AvgIpc) is 2.08. The Kier molecular flexibility index (Phi) is 3.40. The summed E-state index contributed by atoms with van der Waals surface area (Å²) < 4.78 is 1.07. The first kappa shape index (κ1) is 9.38. The number of pyridine rings is 1. The Labute approximate surface area is 84.9 Å². The molecule has 0 spiro atoms. The van der Waals surface area contributed by atoms with Gasteiger partial charge in [0.05, 0.1) is 0 Å². The van der Waals surface area contributed by atoms with Crippen LogP contribution in [-0.4, -0.2) is 18.2 Å². The fourth-order valence-corrected chi connectivity index (χ4v) is 1.25. The van der Waals surface area contributed by atoms with Crippen LogP contribution in [0.1, 0.15) is 0 Å². The Hall–Kier alpha value is -0.710. The van der Waals surface area contributed by atoms with E-state index < -0.39 is 0 Å². The summed E-state index contributed by atoms with van der Waals surface area (Å²) in [6.07, 6.45) is 7.22. The fraction of sp³-hybridized carbons (Fsp3) is 0.111. The summed E-state index contributed by atoms with van der Waals surface area (Å²) in [5.41, 5.74) is 0. The lowest BCUT2D eigenvalue weighted by Gasteiger charge is -1.89. The summed E-state index contributed by atoms with van der Waals surface area (Å²) in [5, 5.41) is 2.03. The molecule has 1 aromatic heterocycles. The van der Waals surface area contributed by atoms with Crippen LogP contribution in [0.15, 0.2) is 17.4 Å². The maximum atomic E-state index is 4.06. The molecule has 0 aliphatic carbocycles. The first-order valence-electron chi connectivity index (χ1n) is 3.46. The molecule has 0 aliphatic heterocycles. The highest BCUT2D eigenvalue weighted by Gasteiger charge is 1.87. The first-order valence-corrected chi connectivity index (χ1v) is 4.54. The molecule has 0 unspecified atom stereocenters. The van der Waals surface area contributed by atoms with Crippen LogP contribution in [0.3, 0.4) is 0 Å². The third-order valence-corrected chi connectivity index (χ3v) is 2.37. The van der Waals surface area contributed by atoms with Crippen LogP contribution in [0.5, 0.6) is 0 Å². The van der Waals surface area contributed by atoms with Gasteiger partial charge in [-0.15, -0.1) is 0 Å². The van der Waals surface area contributed by atoms with Gasteiger partial charge in [-0.1, -0.05) is 6.58 Å². The molecule has 3 heteroatoms. The number of aliphatic imine (C=N–C) groups is 1. The molecule has 62 valence electrons. The van der Waals surface area contributed by atoms with Gasteiger partial charge in [0.2, 0.25) is 0 Å². The van der Waals surface area contributed by atoms with Crippen LogP contribution < -0.4 is 10.4 Å². The van der Waals surface area contributed by atoms with Crippen molar-refractivity contribution >= 4 is 41.5 Å². The summed E-state index contributed by atoms with van der Waals surface area (Å²) in [5.74, 6) is 0. The Bertz CT molecular complexity index is 395. The zero-order valence-electron chi connectivity index (χ0n) is 6.79. The van der Waals surface area contributed by atoms with Gasteiger partial charge >= 0.3 is 0 Å².